The van der Waals surface area contributed by atoms with Gasteiger partial charge in [0.15, 0.2) is 0 Å². The largest absolute Gasteiger partial charge is 0.707 e. The number of nitrogens with one attached hydrogen (secondary N) is 1. The molecular weight excluding hydrogens is 209 g/mol. The van der Waals surface area contributed by atoms with Crippen LogP contribution in [0.2, 0.25) is 0 Å². The Morgan fingerprint density at radius 2 is 2.06 bits per heavy atom. The van der Waals surface area contributed by atoms with Gasteiger partial charge in [0, 0.05) is 5.69 Å². The van der Waals surface area contributed by atoms with Crippen LogP contribution in [0.25, 0.3) is 0 Å². The van der Waals surface area contributed by atoms with Crippen molar-refractivity contribution in [1.82, 2.24) is 0 Å². The summed E-state index contributed by atoms with van der Waals surface area (Å²) in [6, 6.07) is 4.88. The Kier molecular flexibility index (Phi) is 2.40. The molecule has 5 nitrogen and oxygen atoms in total. The van der Waals surface area contributed by atoms with Crippen molar-refractivity contribution in [3.63, 3.8) is 0 Å². The van der Waals surface area contributed by atoms with E-state index in [-0.39, 0.29) is 5.91 Å². The Hall–Kier alpha value is -1.53. The molecule has 1 amide bonds. The average molecular weight is 221 g/mol. The Morgan fingerprint density at radius 3 is 2.69 bits per heavy atom. The van der Waals surface area contributed by atoms with Gasteiger partial charge in [-0.3, -0.25) is 4.79 Å². The van der Waals surface area contributed by atoms with Crippen molar-refractivity contribution in [3.05, 3.63) is 23.8 Å². The second-order valence-corrected chi connectivity index (χ2v) is 4.23. The molecule has 0 radical (unpaired) electrons. The third kappa shape index (κ3) is 1.66. The smallest absolute Gasteiger partial charge is 0.512 e. The van der Waals surface area contributed by atoms with Crippen molar-refractivity contribution in [2.24, 2.45) is 0 Å². The molecule has 1 aliphatic rings. The number of carbonyl (C=O) groups is 1. The van der Waals surface area contributed by atoms with Crippen LogP contribution in [0.5, 0.6) is 5.75 Å². The van der Waals surface area contributed by atoms with Crippen molar-refractivity contribution in [3.8, 4) is 5.75 Å². The maximum absolute atomic E-state index is 11.6. The summed E-state index contributed by atoms with van der Waals surface area (Å²) >= 11 is 0. The van der Waals surface area contributed by atoms with E-state index in [4.69, 9.17) is 14.7 Å². The van der Waals surface area contributed by atoms with Crippen LogP contribution in [-0.2, 0) is 10.2 Å². The summed E-state index contributed by atoms with van der Waals surface area (Å²) < 4.78 is 4.74. The van der Waals surface area contributed by atoms with E-state index in [2.05, 4.69) is 5.32 Å². The Labute approximate surface area is 93.2 Å². The summed E-state index contributed by atoms with van der Waals surface area (Å²) in [4.78, 5) is 11.6. The molecule has 16 heavy (non-hydrogen) atoms. The number of benzene rings is 1. The van der Waals surface area contributed by atoms with E-state index < -0.39 is 12.7 Å². The van der Waals surface area contributed by atoms with Crippen molar-refractivity contribution in [2.45, 2.75) is 19.3 Å². The van der Waals surface area contributed by atoms with Gasteiger partial charge in [0.25, 0.3) is 0 Å². The molecule has 1 aromatic carbocycles. The van der Waals surface area contributed by atoms with Gasteiger partial charge in [0.05, 0.1) is 5.41 Å². The molecule has 1 heterocycles. The predicted octanol–water partition coefficient (Wildman–Crippen LogP) is 0.265. The fourth-order valence-corrected chi connectivity index (χ4v) is 1.75. The lowest BCUT2D eigenvalue weighted by atomic mass is 9.86. The fourth-order valence-electron chi connectivity index (χ4n) is 1.75. The molecule has 0 bridgehead atoms. The zero-order valence-corrected chi connectivity index (χ0v) is 9.02. The first kappa shape index (κ1) is 11.0. The molecule has 1 aromatic rings. The molecule has 3 N–H and O–H groups in total. The van der Waals surface area contributed by atoms with Crippen LogP contribution in [0.3, 0.4) is 0 Å². The standard InChI is InChI=1S/C10H12BNO4/c1-10(2)7-5-6(16-11(14)15)3-4-8(7)12-9(10)13/h3-5,14-15H,1-2H3,(H,12,13). The van der Waals surface area contributed by atoms with Crippen LogP contribution < -0.4 is 9.97 Å². The van der Waals surface area contributed by atoms with Gasteiger partial charge in [-0.05, 0) is 37.6 Å². The van der Waals surface area contributed by atoms with Crippen LogP contribution >= 0.6 is 0 Å². The SMILES string of the molecule is CC1(C)C(=O)Nc2ccc(OB(O)O)cc21. The minimum atomic E-state index is -1.86. The van der Waals surface area contributed by atoms with E-state index >= 15 is 0 Å². The quantitative estimate of drug-likeness (QED) is 0.626. The number of rotatable bonds is 2. The first-order valence-corrected chi connectivity index (χ1v) is 4.90. The lowest BCUT2D eigenvalue weighted by molar-refractivity contribution is -0.119. The molecule has 0 spiro atoms. The number of hydrogen-bond donors (Lipinski definition) is 3. The van der Waals surface area contributed by atoms with E-state index in [0.717, 1.165) is 11.3 Å². The monoisotopic (exact) mass is 221 g/mol. The Morgan fingerprint density at radius 1 is 1.38 bits per heavy atom. The van der Waals surface area contributed by atoms with Crippen LogP contribution in [-0.4, -0.2) is 23.3 Å². The molecule has 0 saturated carbocycles. The molecule has 0 aliphatic carbocycles. The van der Waals surface area contributed by atoms with Gasteiger partial charge in [0.2, 0.25) is 5.91 Å². The number of anilines is 1. The normalized spacial score (nSPS) is 16.6. The zero-order chi connectivity index (χ0) is 11.9. The molecule has 0 aromatic heterocycles. The Balaban J connectivity index is 2.40. The molecule has 0 atom stereocenters. The fraction of sp³-hybridized carbons (Fsp3) is 0.300. The van der Waals surface area contributed by atoms with E-state index in [9.17, 15) is 4.79 Å². The first-order chi connectivity index (χ1) is 7.41. The minimum Gasteiger partial charge on any atom is -0.512 e. The maximum Gasteiger partial charge on any atom is 0.707 e. The van der Waals surface area contributed by atoms with Gasteiger partial charge in [0.1, 0.15) is 5.75 Å². The highest BCUT2D eigenvalue weighted by Crippen LogP contribution is 2.39. The lowest BCUT2D eigenvalue weighted by Gasteiger charge is -2.15. The predicted molar refractivity (Wildman–Crippen MR) is 58.9 cm³/mol. The Bertz CT molecular complexity index is 444. The number of carbonyl (C=O) groups excluding carboxylic acids is 1. The van der Waals surface area contributed by atoms with Gasteiger partial charge >= 0.3 is 7.32 Å². The summed E-state index contributed by atoms with van der Waals surface area (Å²) in [5, 5.41) is 20.1. The highest BCUT2D eigenvalue weighted by molar-refractivity contribution is 6.33. The van der Waals surface area contributed by atoms with E-state index in [1.165, 1.54) is 0 Å². The highest BCUT2D eigenvalue weighted by atomic mass is 16.6. The molecule has 0 fully saturated rings. The summed E-state index contributed by atoms with van der Waals surface area (Å²) in [6.07, 6.45) is 0. The van der Waals surface area contributed by atoms with Crippen LogP contribution in [0.1, 0.15) is 19.4 Å². The molecular formula is C10H12BNO4. The summed E-state index contributed by atoms with van der Waals surface area (Å²) in [5.74, 6) is 0.238. The topological polar surface area (TPSA) is 78.8 Å². The van der Waals surface area contributed by atoms with Gasteiger partial charge in [-0.25, -0.2) is 0 Å². The third-order valence-electron chi connectivity index (χ3n) is 2.72. The van der Waals surface area contributed by atoms with Crippen molar-refractivity contribution >= 4 is 18.9 Å². The van der Waals surface area contributed by atoms with Crippen LogP contribution in [0.4, 0.5) is 5.69 Å². The summed E-state index contributed by atoms with van der Waals surface area (Å²) in [6.45, 7) is 3.60. The third-order valence-corrected chi connectivity index (χ3v) is 2.72. The molecule has 1 aliphatic heterocycles. The highest BCUT2D eigenvalue weighted by Gasteiger charge is 2.38. The van der Waals surface area contributed by atoms with E-state index in [1.54, 1.807) is 32.0 Å². The van der Waals surface area contributed by atoms with Gasteiger partial charge < -0.3 is 20.0 Å². The van der Waals surface area contributed by atoms with Gasteiger partial charge in [-0.1, -0.05) is 0 Å². The van der Waals surface area contributed by atoms with E-state index in [0.29, 0.717) is 5.75 Å². The zero-order valence-electron chi connectivity index (χ0n) is 9.02. The molecule has 2 rings (SSSR count). The molecule has 0 saturated heterocycles. The molecule has 6 heteroatoms. The number of hydrogen-bond acceptors (Lipinski definition) is 4. The lowest BCUT2D eigenvalue weighted by Crippen LogP contribution is -2.27. The average Bonchev–Trinajstić information content (AvgIpc) is 2.39. The van der Waals surface area contributed by atoms with Crippen molar-refractivity contribution in [1.29, 1.82) is 0 Å². The van der Waals surface area contributed by atoms with Crippen LogP contribution in [0, 0.1) is 0 Å². The van der Waals surface area contributed by atoms with Crippen molar-refractivity contribution in [2.75, 3.05) is 5.32 Å². The second kappa shape index (κ2) is 3.50. The summed E-state index contributed by atoms with van der Waals surface area (Å²) in [5.41, 5.74) is 0.889. The van der Waals surface area contributed by atoms with Crippen molar-refractivity contribution < 1.29 is 19.5 Å². The maximum atomic E-state index is 11.6. The molecule has 84 valence electrons. The number of fused-ring (bicyclic) bond motifs is 1. The van der Waals surface area contributed by atoms with E-state index in [1.807, 2.05) is 0 Å². The summed E-state index contributed by atoms with van der Waals surface area (Å²) in [7, 11) is -1.86. The minimum absolute atomic E-state index is 0.0794. The van der Waals surface area contributed by atoms with Crippen LogP contribution in [0.15, 0.2) is 18.2 Å². The second-order valence-electron chi connectivity index (χ2n) is 4.23. The van der Waals surface area contributed by atoms with Gasteiger partial charge in [-0.15, -0.1) is 0 Å². The first-order valence-electron chi connectivity index (χ1n) is 4.90. The molecule has 0 unspecified atom stereocenters. The number of amides is 1. The van der Waals surface area contributed by atoms with Gasteiger partial charge in [-0.2, -0.15) is 0 Å².